The zero-order valence-corrected chi connectivity index (χ0v) is 10.9. The molecule has 0 aromatic carbocycles. The van der Waals surface area contributed by atoms with Gasteiger partial charge in [0.25, 0.3) is 0 Å². The highest BCUT2D eigenvalue weighted by molar-refractivity contribution is 5.46. The average Bonchev–Trinajstić information content (AvgIpc) is 2.29. The maximum absolute atomic E-state index is 5.32. The molecule has 3 heteroatoms. The van der Waals surface area contributed by atoms with Crippen LogP contribution in [0.5, 0.6) is 0 Å². The topological polar surface area (TPSA) is 28.2 Å². The lowest BCUT2D eigenvalue weighted by Crippen LogP contribution is -2.24. The number of nitrogens with zero attached hydrogens (tertiary/aromatic N) is 2. The van der Waals surface area contributed by atoms with Gasteiger partial charge in [-0.3, -0.25) is 0 Å². The number of hydrogen-bond acceptors (Lipinski definition) is 3. The minimum Gasteiger partial charge on any atom is -0.348 e. The first kappa shape index (κ1) is 13.5. The molecule has 1 aromatic rings. The molecule has 0 fully saturated rings. The summed E-state index contributed by atoms with van der Waals surface area (Å²) in [7, 11) is 1.97. The van der Waals surface area contributed by atoms with Gasteiger partial charge in [0.05, 0.1) is 6.54 Å². The summed E-state index contributed by atoms with van der Waals surface area (Å²) in [5.41, 5.74) is 1.19. The van der Waals surface area contributed by atoms with Gasteiger partial charge in [-0.25, -0.2) is 4.98 Å². The average molecular weight is 231 g/mol. The lowest BCUT2D eigenvalue weighted by Gasteiger charge is -2.19. The molecule has 0 bridgehead atoms. The van der Waals surface area contributed by atoms with E-state index in [1.807, 2.05) is 18.0 Å². The predicted molar refractivity (Wildman–Crippen MR) is 72.9 cm³/mol. The largest absolute Gasteiger partial charge is 0.348 e. The van der Waals surface area contributed by atoms with Gasteiger partial charge in [-0.15, -0.1) is 6.42 Å². The molecule has 0 atom stereocenters. The normalized spacial score (nSPS) is 10.3. The van der Waals surface area contributed by atoms with Crippen molar-refractivity contribution >= 4 is 5.82 Å². The van der Waals surface area contributed by atoms with Gasteiger partial charge in [0.2, 0.25) is 0 Å². The van der Waals surface area contributed by atoms with Crippen molar-refractivity contribution in [2.75, 3.05) is 25.0 Å². The van der Waals surface area contributed by atoms with Gasteiger partial charge >= 0.3 is 0 Å². The summed E-state index contributed by atoms with van der Waals surface area (Å²) in [5, 5.41) is 3.42. The summed E-state index contributed by atoms with van der Waals surface area (Å²) in [6, 6.07) is 4.04. The van der Waals surface area contributed by atoms with Crippen molar-refractivity contribution in [3.63, 3.8) is 0 Å². The van der Waals surface area contributed by atoms with Gasteiger partial charge in [0.1, 0.15) is 5.82 Å². The molecule has 1 heterocycles. The van der Waals surface area contributed by atoms with E-state index in [9.17, 15) is 0 Å². The third-order valence-corrected chi connectivity index (χ3v) is 2.43. The van der Waals surface area contributed by atoms with E-state index in [2.05, 4.69) is 36.1 Å². The quantitative estimate of drug-likeness (QED) is 0.758. The molecule has 0 spiro atoms. The highest BCUT2D eigenvalue weighted by Crippen LogP contribution is 2.15. The van der Waals surface area contributed by atoms with E-state index in [1.54, 1.807) is 6.20 Å². The molecule has 0 aliphatic carbocycles. The third kappa shape index (κ3) is 4.46. The zero-order chi connectivity index (χ0) is 12.7. The molecule has 0 aliphatic heterocycles. The molecule has 1 aromatic heterocycles. The Morgan fingerprint density at radius 3 is 2.94 bits per heavy atom. The minimum absolute atomic E-state index is 0.578. The monoisotopic (exact) mass is 231 g/mol. The highest BCUT2D eigenvalue weighted by atomic mass is 15.2. The molecule has 0 saturated carbocycles. The van der Waals surface area contributed by atoms with E-state index < -0.39 is 0 Å². The number of hydrogen-bond donors (Lipinski definition) is 1. The van der Waals surface area contributed by atoms with Gasteiger partial charge in [0, 0.05) is 25.4 Å². The van der Waals surface area contributed by atoms with Crippen LogP contribution < -0.4 is 10.2 Å². The number of nitrogens with one attached hydrogen (secondary N) is 1. The summed E-state index contributed by atoms with van der Waals surface area (Å²) < 4.78 is 0. The molecule has 92 valence electrons. The molecule has 3 nitrogen and oxygen atoms in total. The first-order chi connectivity index (χ1) is 8.15. The highest BCUT2D eigenvalue weighted by Gasteiger charge is 2.07. The Bertz CT molecular complexity index is 379. The molecule has 1 rings (SSSR count). The van der Waals surface area contributed by atoms with Crippen LogP contribution in [0.15, 0.2) is 18.3 Å². The van der Waals surface area contributed by atoms with Crippen molar-refractivity contribution in [1.29, 1.82) is 0 Å². The number of anilines is 1. The lowest BCUT2D eigenvalue weighted by atomic mass is 10.2. The standard InChI is InChI=1S/C14H21N3/c1-5-9-17(4)14-13(7-6-8-16-14)11-15-10-12(2)3/h1,6-8,12,15H,9-11H2,2-4H3. The maximum Gasteiger partial charge on any atom is 0.133 e. The van der Waals surface area contributed by atoms with E-state index in [0.717, 1.165) is 18.9 Å². The predicted octanol–water partition coefficient (Wildman–Crippen LogP) is 1.90. The van der Waals surface area contributed by atoms with Crippen LogP contribution in [0.1, 0.15) is 19.4 Å². The van der Waals surface area contributed by atoms with Crippen LogP contribution in [-0.4, -0.2) is 25.1 Å². The van der Waals surface area contributed by atoms with Gasteiger partial charge in [0.15, 0.2) is 0 Å². The van der Waals surface area contributed by atoms with Crippen LogP contribution in [0.4, 0.5) is 5.82 Å². The molecule has 0 saturated heterocycles. The zero-order valence-electron chi connectivity index (χ0n) is 10.9. The Labute approximate surface area is 104 Å². The molecule has 0 radical (unpaired) electrons. The smallest absolute Gasteiger partial charge is 0.133 e. The second kappa shape index (κ2) is 6.93. The summed E-state index contributed by atoms with van der Waals surface area (Å²) in [6.45, 7) is 6.81. The SMILES string of the molecule is C#CCN(C)c1ncccc1CNCC(C)C. The molecule has 0 unspecified atom stereocenters. The summed E-state index contributed by atoms with van der Waals surface area (Å²) in [4.78, 5) is 6.38. The number of terminal acetylenes is 1. The van der Waals surface area contributed by atoms with Crippen LogP contribution in [-0.2, 0) is 6.54 Å². The van der Waals surface area contributed by atoms with Crippen molar-refractivity contribution in [1.82, 2.24) is 10.3 Å². The molecule has 0 amide bonds. The van der Waals surface area contributed by atoms with Crippen molar-refractivity contribution in [2.45, 2.75) is 20.4 Å². The number of rotatable bonds is 6. The van der Waals surface area contributed by atoms with Crippen molar-refractivity contribution in [2.24, 2.45) is 5.92 Å². The second-order valence-electron chi connectivity index (χ2n) is 4.57. The van der Waals surface area contributed by atoms with E-state index in [4.69, 9.17) is 6.42 Å². The Morgan fingerprint density at radius 2 is 2.29 bits per heavy atom. The second-order valence-corrected chi connectivity index (χ2v) is 4.57. The summed E-state index contributed by atoms with van der Waals surface area (Å²) in [6.07, 6.45) is 7.12. The molecule has 1 N–H and O–H groups in total. The Kier molecular flexibility index (Phi) is 5.51. The first-order valence-electron chi connectivity index (χ1n) is 5.94. The van der Waals surface area contributed by atoms with Gasteiger partial charge < -0.3 is 10.2 Å². The van der Waals surface area contributed by atoms with Gasteiger partial charge in [-0.2, -0.15) is 0 Å². The van der Waals surface area contributed by atoms with Crippen molar-refractivity contribution < 1.29 is 0 Å². The van der Waals surface area contributed by atoms with Crippen molar-refractivity contribution in [3.05, 3.63) is 23.9 Å². The van der Waals surface area contributed by atoms with Crippen molar-refractivity contribution in [3.8, 4) is 12.3 Å². The Hall–Kier alpha value is -1.53. The Morgan fingerprint density at radius 1 is 1.53 bits per heavy atom. The molecule has 17 heavy (non-hydrogen) atoms. The van der Waals surface area contributed by atoms with Gasteiger partial charge in [-0.1, -0.05) is 25.8 Å². The van der Waals surface area contributed by atoms with E-state index in [0.29, 0.717) is 12.5 Å². The van der Waals surface area contributed by atoms with E-state index in [1.165, 1.54) is 5.56 Å². The summed E-state index contributed by atoms with van der Waals surface area (Å²) >= 11 is 0. The molecular formula is C14H21N3. The number of aromatic nitrogens is 1. The minimum atomic E-state index is 0.578. The van der Waals surface area contributed by atoms with Crippen LogP contribution in [0.25, 0.3) is 0 Å². The van der Waals surface area contributed by atoms with Crippen LogP contribution in [0.3, 0.4) is 0 Å². The first-order valence-corrected chi connectivity index (χ1v) is 5.94. The van der Waals surface area contributed by atoms with Crippen LogP contribution >= 0.6 is 0 Å². The van der Waals surface area contributed by atoms with E-state index >= 15 is 0 Å². The van der Waals surface area contributed by atoms with E-state index in [-0.39, 0.29) is 0 Å². The Balaban J connectivity index is 2.68. The molecule has 0 aliphatic rings. The fourth-order valence-corrected chi connectivity index (χ4v) is 1.62. The third-order valence-electron chi connectivity index (χ3n) is 2.43. The fourth-order valence-electron chi connectivity index (χ4n) is 1.62. The lowest BCUT2D eigenvalue weighted by molar-refractivity contribution is 0.552. The van der Waals surface area contributed by atoms with Crippen LogP contribution in [0.2, 0.25) is 0 Å². The molecular weight excluding hydrogens is 210 g/mol. The van der Waals surface area contributed by atoms with Crippen LogP contribution in [0, 0.1) is 18.3 Å². The van der Waals surface area contributed by atoms with Gasteiger partial charge in [-0.05, 0) is 18.5 Å². The maximum atomic E-state index is 5.32. The fraction of sp³-hybridized carbons (Fsp3) is 0.500. The number of pyridine rings is 1. The summed E-state index contributed by atoms with van der Waals surface area (Å²) in [5.74, 6) is 4.24.